The van der Waals surface area contributed by atoms with Crippen LogP contribution in [-0.4, -0.2) is 100 Å². The van der Waals surface area contributed by atoms with Crippen LogP contribution in [0.1, 0.15) is 0 Å². The molecule has 0 heterocycles. The van der Waals surface area contributed by atoms with Crippen LogP contribution in [0.3, 0.4) is 0 Å². The van der Waals surface area contributed by atoms with Gasteiger partial charge in [-0.1, -0.05) is 0 Å². The predicted octanol–water partition coefficient (Wildman–Crippen LogP) is -7.63. The fourth-order valence-corrected chi connectivity index (χ4v) is 18.0. The maximum atomic E-state index is 11.5. The van der Waals surface area contributed by atoms with Crippen molar-refractivity contribution in [3.05, 3.63) is 0 Å². The minimum atomic E-state index is -8.92. The van der Waals surface area contributed by atoms with Crippen molar-refractivity contribution in [2.24, 2.45) is 0 Å². The Morgan fingerprint density at radius 3 is 0.568 bits per heavy atom. The van der Waals surface area contributed by atoms with E-state index in [0.29, 0.717) is 0 Å². The second kappa shape index (κ2) is 11.3. The second-order valence-electron chi connectivity index (χ2n) is 4.37. The van der Waals surface area contributed by atoms with Gasteiger partial charge in [-0.25, -0.2) is 0 Å². The Kier molecular flexibility index (Phi) is 11.2. The summed E-state index contributed by atoms with van der Waals surface area (Å²) in [5, 5.41) is 0. The zero-order valence-electron chi connectivity index (χ0n) is 15.2. The van der Waals surface area contributed by atoms with Gasteiger partial charge in [0.1, 0.15) is 0 Å². The van der Waals surface area contributed by atoms with Crippen LogP contribution in [0.2, 0.25) is 0 Å². The Morgan fingerprint density at radius 1 is 0.324 bits per heavy atom. The molecule has 0 amide bonds. The Bertz CT molecular complexity index is 1450. The average molecular weight is 777 g/mol. The van der Waals surface area contributed by atoms with Gasteiger partial charge >= 0.3 is 211 Å². The molecular weight excluding hydrogens is 777 g/mol. The molecule has 0 aliphatic carbocycles. The summed E-state index contributed by atoms with van der Waals surface area (Å²) in [6.45, 7) is 0. The molecule has 37 heteroatoms. The molecule has 0 spiro atoms. The predicted molar refractivity (Wildman–Crippen MR) is 88.9 cm³/mol. The van der Waals surface area contributed by atoms with Crippen LogP contribution in [0.25, 0.3) is 0 Å². The van der Waals surface area contributed by atoms with E-state index in [4.69, 9.17) is 0 Å². The van der Waals surface area contributed by atoms with Gasteiger partial charge in [0.15, 0.2) is 0 Å². The summed E-state index contributed by atoms with van der Waals surface area (Å²) < 4.78 is 240. The summed E-state index contributed by atoms with van der Waals surface area (Å²) in [7, 11) is -54.9. The van der Waals surface area contributed by atoms with Gasteiger partial charge < -0.3 is 0 Å². The van der Waals surface area contributed by atoms with Crippen molar-refractivity contribution >= 4 is 97.8 Å². The van der Waals surface area contributed by atoms with Crippen molar-refractivity contribution < 1.29 is 113 Å². The van der Waals surface area contributed by atoms with Crippen LogP contribution in [0.4, 0.5) is 0 Å². The molecule has 0 saturated heterocycles. The number of rotatable bonds is 16. The van der Waals surface area contributed by atoms with E-state index in [1.807, 2.05) is 0 Å². The van der Waals surface area contributed by atoms with Gasteiger partial charge in [0.05, 0.1) is 0 Å². The van der Waals surface area contributed by atoms with Gasteiger partial charge in [0.25, 0.3) is 0 Å². The summed E-state index contributed by atoms with van der Waals surface area (Å²) in [4.78, 5) is 0. The van der Waals surface area contributed by atoms with Gasteiger partial charge in [-0.15, -0.1) is 0 Å². The Hall–Kier alpha value is -0.337. The van der Waals surface area contributed by atoms with Crippen LogP contribution in [0, 0.1) is 0 Å². The monoisotopic (exact) mass is 778 g/mol. The van der Waals surface area contributed by atoms with Gasteiger partial charge in [-0.05, 0) is 0 Å². The molecule has 0 bridgehead atoms. The molecule has 0 radical (unpaired) electrons. The summed E-state index contributed by atoms with van der Waals surface area (Å²) in [5.41, 5.74) is 0. The van der Waals surface area contributed by atoms with E-state index in [0.717, 1.165) is 0 Å². The first-order chi connectivity index (χ1) is 15.7. The molecule has 0 aromatic carbocycles. The van der Waals surface area contributed by atoms with Crippen molar-refractivity contribution in [3.8, 4) is 0 Å². The molecule has 0 rings (SSSR count). The van der Waals surface area contributed by atoms with Crippen LogP contribution >= 0.6 is 0 Å². The zero-order chi connectivity index (χ0) is 30.2. The molecule has 0 saturated carbocycles. The maximum absolute atomic E-state index is 11.5. The SMILES string of the molecule is O=S(=O)([O-])OS(=O)(=O)[O][Ge]([O]S(=O)(=O)OS(=O)(=O)[O-])([O]S(=O)(=O)OS(=O)(=O)[O-])[O]S(=O)(=O)OS(=O)(=O)[O-]. The fraction of sp³-hybridized carbons (Fsp3) is 0. The molecule has 0 aliphatic heterocycles. The summed E-state index contributed by atoms with van der Waals surface area (Å²) in [6, 6.07) is 0. The third kappa shape index (κ3) is 17.8. The molecule has 0 unspecified atom stereocenters. The topological polar surface area (TPSA) is 439 Å². The first kappa shape index (κ1) is 36.7. The average Bonchev–Trinajstić information content (AvgIpc) is 2.29. The van der Waals surface area contributed by atoms with Crippen LogP contribution < -0.4 is 0 Å². The van der Waals surface area contributed by atoms with E-state index in [1.54, 1.807) is 0 Å². The Labute approximate surface area is 209 Å². The van der Waals surface area contributed by atoms with E-state index in [-0.39, 0.29) is 0 Å². The quantitative estimate of drug-likeness (QED) is 0.0797. The van der Waals surface area contributed by atoms with Gasteiger partial charge in [-0.2, -0.15) is 0 Å². The van der Waals surface area contributed by atoms with E-state index < -0.39 is 97.8 Å². The third-order valence-electron chi connectivity index (χ3n) is 1.48. The molecule has 0 aromatic heterocycles. The van der Waals surface area contributed by atoms with Crippen molar-refractivity contribution in [2.45, 2.75) is 0 Å². The summed E-state index contributed by atoms with van der Waals surface area (Å²) >= 11 is -8.92. The van der Waals surface area contributed by atoms with Gasteiger partial charge in [-0.3, -0.25) is 0 Å². The minimum absolute atomic E-state index is 2.55. The zero-order valence-corrected chi connectivity index (χ0v) is 23.8. The molecule has 0 aliphatic rings. The van der Waals surface area contributed by atoms with Crippen LogP contribution in [-0.2, 0) is 111 Å². The molecule has 0 aromatic rings. The molecule has 0 N–H and O–H groups in total. The fourth-order valence-electron chi connectivity index (χ4n) is 1.05. The number of hydrogen-bond acceptors (Lipinski definition) is 28. The van der Waals surface area contributed by atoms with Crippen molar-refractivity contribution in [1.29, 1.82) is 0 Å². The standard InChI is InChI=1S/GeH4O28S8/c2-30(3,4)26-34(14,15)22-1(23-35(16,17)27-31(5,6)7,24-36(18,19)28-32(8,9)10)25-37(20,21)29-33(11,12)13/h(H,2,3,4)(H,5,6,7)(H,8,9,10)(H,11,12,13)/p-4. The molecule has 224 valence electrons. The van der Waals surface area contributed by atoms with E-state index in [1.165, 1.54) is 0 Å². The van der Waals surface area contributed by atoms with Crippen molar-refractivity contribution in [3.63, 3.8) is 0 Å². The van der Waals surface area contributed by atoms with E-state index >= 15 is 0 Å². The van der Waals surface area contributed by atoms with Gasteiger partial charge in [0.2, 0.25) is 0 Å². The number of hydrogen-bond donors (Lipinski definition) is 0. The van der Waals surface area contributed by atoms with E-state index in [9.17, 15) is 85.6 Å². The summed E-state index contributed by atoms with van der Waals surface area (Å²) in [6.07, 6.45) is 0. The molecule has 28 nitrogen and oxygen atoms in total. The van der Waals surface area contributed by atoms with E-state index in [2.05, 4.69) is 27.4 Å². The first-order valence-corrected chi connectivity index (χ1v) is 20.2. The normalized spacial score (nSPS) is 15.5. The van der Waals surface area contributed by atoms with Crippen LogP contribution in [0.5, 0.6) is 0 Å². The molecule has 0 atom stereocenters. The summed E-state index contributed by atoms with van der Waals surface area (Å²) in [5.74, 6) is 0. The molecule has 0 fully saturated rings. The van der Waals surface area contributed by atoms with Crippen molar-refractivity contribution in [1.82, 2.24) is 0 Å². The molecular formula is GeO28S8-4. The second-order valence-corrected chi connectivity index (χ2v) is 20.0. The first-order valence-electron chi connectivity index (χ1n) is 6.15. The van der Waals surface area contributed by atoms with Crippen molar-refractivity contribution in [2.75, 3.05) is 0 Å². The Morgan fingerprint density at radius 2 is 0.459 bits per heavy atom. The Balaban J connectivity index is 7.41. The van der Waals surface area contributed by atoms with Crippen LogP contribution in [0.15, 0.2) is 0 Å². The molecule has 37 heavy (non-hydrogen) atoms. The third-order valence-corrected chi connectivity index (χ3v) is 18.7. The van der Waals surface area contributed by atoms with Gasteiger partial charge in [0, 0.05) is 0 Å².